The van der Waals surface area contributed by atoms with Crippen molar-refractivity contribution in [2.24, 2.45) is 0 Å². The standard InChI is InChI=1S/C36H70N2/c1-5-8-10-12-14-16-17-18-19-20-21-22-23-25-27-29-31-35(7-3)36-37-32-33-38(36)34(4)30-28-26-24-15-13-11-9-6-2/h32-35H,5-31H2,1-4H3/p+1. The third-order valence-electron chi connectivity index (χ3n) is 8.98. The molecule has 0 amide bonds. The van der Waals surface area contributed by atoms with Crippen LogP contribution in [0.2, 0.25) is 0 Å². The molecule has 1 rings (SSSR count). The van der Waals surface area contributed by atoms with Crippen molar-refractivity contribution in [2.75, 3.05) is 0 Å². The zero-order valence-corrected chi connectivity index (χ0v) is 26.8. The van der Waals surface area contributed by atoms with Gasteiger partial charge in [0.15, 0.2) is 0 Å². The lowest BCUT2D eigenvalue weighted by Crippen LogP contribution is -2.41. The van der Waals surface area contributed by atoms with Crippen molar-refractivity contribution in [3.05, 3.63) is 18.2 Å². The minimum atomic E-state index is 0.621. The summed E-state index contributed by atoms with van der Waals surface area (Å²) in [4.78, 5) is 3.64. The first-order valence-corrected chi connectivity index (χ1v) is 17.8. The predicted octanol–water partition coefficient (Wildman–Crippen LogP) is 12.5. The highest BCUT2D eigenvalue weighted by molar-refractivity contribution is 4.89. The van der Waals surface area contributed by atoms with Gasteiger partial charge in [0.25, 0.3) is 5.82 Å². The molecule has 1 N–H and O–H groups in total. The number of H-pyrrole nitrogens is 1. The van der Waals surface area contributed by atoms with E-state index in [-0.39, 0.29) is 0 Å². The van der Waals surface area contributed by atoms with Crippen LogP contribution in [-0.4, -0.2) is 4.98 Å². The maximum atomic E-state index is 3.64. The van der Waals surface area contributed by atoms with E-state index in [1.54, 1.807) is 0 Å². The molecule has 0 aliphatic rings. The Balaban J connectivity index is 2.06. The van der Waals surface area contributed by atoms with Gasteiger partial charge in [-0.15, -0.1) is 0 Å². The second-order valence-corrected chi connectivity index (χ2v) is 12.6. The van der Waals surface area contributed by atoms with Crippen LogP contribution in [0.5, 0.6) is 0 Å². The molecule has 0 aliphatic carbocycles. The van der Waals surface area contributed by atoms with E-state index in [0.29, 0.717) is 12.0 Å². The van der Waals surface area contributed by atoms with Crippen molar-refractivity contribution in [3.63, 3.8) is 0 Å². The number of unbranched alkanes of at least 4 members (excludes halogenated alkanes) is 22. The van der Waals surface area contributed by atoms with E-state index in [9.17, 15) is 0 Å². The number of nitrogens with one attached hydrogen (secondary N) is 1. The summed E-state index contributed by atoms with van der Waals surface area (Å²) in [7, 11) is 0. The smallest absolute Gasteiger partial charge is 0.247 e. The molecule has 0 spiro atoms. The average molecular weight is 532 g/mol. The molecule has 0 aromatic carbocycles. The Bertz CT molecular complexity index is 592. The number of hydrogen-bond acceptors (Lipinski definition) is 0. The number of aromatic nitrogens is 2. The Morgan fingerprint density at radius 3 is 1.29 bits per heavy atom. The third-order valence-corrected chi connectivity index (χ3v) is 8.98. The van der Waals surface area contributed by atoms with E-state index in [1.807, 2.05) is 0 Å². The van der Waals surface area contributed by atoms with Crippen molar-refractivity contribution in [2.45, 2.75) is 213 Å². The van der Waals surface area contributed by atoms with Crippen molar-refractivity contribution >= 4 is 0 Å². The summed E-state index contributed by atoms with van der Waals surface area (Å²) >= 11 is 0. The maximum absolute atomic E-state index is 3.64. The molecule has 0 radical (unpaired) electrons. The fourth-order valence-electron chi connectivity index (χ4n) is 6.26. The highest BCUT2D eigenvalue weighted by atomic mass is 15.1. The van der Waals surface area contributed by atoms with E-state index in [4.69, 9.17) is 0 Å². The van der Waals surface area contributed by atoms with Gasteiger partial charge >= 0.3 is 0 Å². The highest BCUT2D eigenvalue weighted by Crippen LogP contribution is 2.24. The predicted molar refractivity (Wildman–Crippen MR) is 170 cm³/mol. The summed E-state index contributed by atoms with van der Waals surface area (Å²) in [5.41, 5.74) is 0. The van der Waals surface area contributed by atoms with Gasteiger partial charge < -0.3 is 0 Å². The van der Waals surface area contributed by atoms with Crippen LogP contribution in [0, 0.1) is 0 Å². The fraction of sp³-hybridized carbons (Fsp3) is 0.917. The summed E-state index contributed by atoms with van der Waals surface area (Å²) < 4.78 is 2.57. The van der Waals surface area contributed by atoms with E-state index in [2.05, 4.69) is 49.6 Å². The maximum Gasteiger partial charge on any atom is 0.257 e. The molecule has 2 nitrogen and oxygen atoms in total. The summed E-state index contributed by atoms with van der Waals surface area (Å²) in [6.45, 7) is 9.42. The van der Waals surface area contributed by atoms with E-state index < -0.39 is 0 Å². The normalized spacial score (nSPS) is 13.3. The molecule has 0 saturated carbocycles. The SMILES string of the molecule is CCCCCCCCCCCCCCCCCCC(CC)c1[nH]cc[n+]1C(C)CCCCCCCCCC. The van der Waals surface area contributed by atoms with Gasteiger partial charge in [-0.2, -0.15) is 0 Å². The molecule has 2 unspecified atom stereocenters. The molecule has 2 atom stereocenters. The largest absolute Gasteiger partial charge is 0.257 e. The molecule has 2 heteroatoms. The Morgan fingerprint density at radius 1 is 0.526 bits per heavy atom. The Kier molecular flexibility index (Phi) is 24.5. The van der Waals surface area contributed by atoms with E-state index in [1.165, 1.54) is 179 Å². The van der Waals surface area contributed by atoms with Crippen molar-refractivity contribution in [3.8, 4) is 0 Å². The van der Waals surface area contributed by atoms with Crippen LogP contribution in [0.4, 0.5) is 0 Å². The molecule has 0 fully saturated rings. The summed E-state index contributed by atoms with van der Waals surface area (Å²) in [6.07, 6.45) is 42.9. The first-order chi connectivity index (χ1) is 18.7. The van der Waals surface area contributed by atoms with Gasteiger partial charge in [0.2, 0.25) is 0 Å². The average Bonchev–Trinajstić information content (AvgIpc) is 3.42. The van der Waals surface area contributed by atoms with Crippen LogP contribution >= 0.6 is 0 Å². The van der Waals surface area contributed by atoms with Crippen LogP contribution in [-0.2, 0) is 0 Å². The van der Waals surface area contributed by atoms with Crippen LogP contribution < -0.4 is 4.57 Å². The van der Waals surface area contributed by atoms with E-state index in [0.717, 1.165) is 0 Å². The van der Waals surface area contributed by atoms with E-state index >= 15 is 0 Å². The quantitative estimate of drug-likeness (QED) is 0.0783. The van der Waals surface area contributed by atoms with Gasteiger partial charge in [-0.1, -0.05) is 168 Å². The minimum absolute atomic E-state index is 0.621. The number of hydrogen-bond donors (Lipinski definition) is 1. The molecule has 1 aromatic rings. The van der Waals surface area contributed by atoms with Gasteiger partial charge in [-0.25, -0.2) is 9.55 Å². The lowest BCUT2D eigenvalue weighted by Gasteiger charge is -2.16. The first kappa shape index (κ1) is 35.2. The lowest BCUT2D eigenvalue weighted by molar-refractivity contribution is -0.727. The Morgan fingerprint density at radius 2 is 0.895 bits per heavy atom. The molecule has 0 bridgehead atoms. The molecule has 224 valence electrons. The molecular formula is C36H71N2+. The number of imidazole rings is 1. The van der Waals surface area contributed by atoms with Gasteiger partial charge in [0, 0.05) is 0 Å². The van der Waals surface area contributed by atoms with Gasteiger partial charge in [0.05, 0.1) is 12.0 Å². The fourth-order valence-corrected chi connectivity index (χ4v) is 6.26. The Labute approximate surface area is 240 Å². The van der Waals surface area contributed by atoms with Gasteiger partial charge in [0.1, 0.15) is 12.4 Å². The van der Waals surface area contributed by atoms with Crippen LogP contribution in [0.3, 0.4) is 0 Å². The molecule has 0 saturated heterocycles. The summed E-state index contributed by atoms with van der Waals surface area (Å²) in [5.74, 6) is 2.18. The second kappa shape index (κ2) is 26.4. The summed E-state index contributed by atoms with van der Waals surface area (Å²) in [6, 6.07) is 0.621. The van der Waals surface area contributed by atoms with Gasteiger partial charge in [-0.3, -0.25) is 0 Å². The van der Waals surface area contributed by atoms with Crippen molar-refractivity contribution in [1.82, 2.24) is 4.98 Å². The van der Waals surface area contributed by atoms with Crippen LogP contribution in [0.15, 0.2) is 12.4 Å². The minimum Gasteiger partial charge on any atom is -0.247 e. The summed E-state index contributed by atoms with van der Waals surface area (Å²) in [5, 5.41) is 0. The van der Waals surface area contributed by atoms with Gasteiger partial charge in [-0.05, 0) is 32.6 Å². The second-order valence-electron chi connectivity index (χ2n) is 12.6. The first-order valence-electron chi connectivity index (χ1n) is 17.8. The molecule has 1 heterocycles. The molecule has 0 aliphatic heterocycles. The zero-order chi connectivity index (χ0) is 27.5. The topological polar surface area (TPSA) is 19.7 Å². The van der Waals surface area contributed by atoms with Crippen LogP contribution in [0.1, 0.15) is 219 Å². The lowest BCUT2D eigenvalue weighted by atomic mass is 9.96. The number of aromatic amines is 1. The highest BCUT2D eigenvalue weighted by Gasteiger charge is 2.24. The van der Waals surface area contributed by atoms with Crippen molar-refractivity contribution in [1.29, 1.82) is 0 Å². The molecular weight excluding hydrogens is 460 g/mol. The third kappa shape index (κ3) is 18.5. The Hall–Kier alpha value is -0.790. The van der Waals surface area contributed by atoms with Crippen molar-refractivity contribution < 1.29 is 4.57 Å². The number of nitrogens with zero attached hydrogens (tertiary/aromatic N) is 1. The monoisotopic (exact) mass is 532 g/mol. The zero-order valence-electron chi connectivity index (χ0n) is 26.8. The molecule has 1 aromatic heterocycles. The number of rotatable bonds is 29. The molecule has 38 heavy (non-hydrogen) atoms. The van der Waals surface area contributed by atoms with Crippen LogP contribution in [0.25, 0.3) is 0 Å².